The molecular weight excluding hydrogens is 252 g/mol. The highest BCUT2D eigenvalue weighted by atomic mass is 16.3. The molecule has 0 radical (unpaired) electrons. The number of nitrogens with zero attached hydrogens (tertiary/aromatic N) is 1. The van der Waals surface area contributed by atoms with Gasteiger partial charge in [0.15, 0.2) is 0 Å². The molecule has 2 aliphatic rings. The Morgan fingerprint density at radius 3 is 2.95 bits per heavy atom. The van der Waals surface area contributed by atoms with E-state index in [2.05, 4.69) is 10.2 Å². The fraction of sp³-hybridized carbons (Fsp3) is 0.562. The van der Waals surface area contributed by atoms with Crippen molar-refractivity contribution >= 4 is 5.91 Å². The van der Waals surface area contributed by atoms with E-state index in [1.54, 1.807) is 12.1 Å². The van der Waals surface area contributed by atoms with Gasteiger partial charge < -0.3 is 10.4 Å². The molecule has 0 aliphatic carbocycles. The van der Waals surface area contributed by atoms with Crippen molar-refractivity contribution in [2.45, 2.75) is 44.7 Å². The van der Waals surface area contributed by atoms with Crippen molar-refractivity contribution < 1.29 is 9.90 Å². The third-order valence-electron chi connectivity index (χ3n) is 4.57. The minimum Gasteiger partial charge on any atom is -0.507 e. The molecule has 2 fully saturated rings. The molecule has 0 bridgehead atoms. The van der Waals surface area contributed by atoms with E-state index in [-0.39, 0.29) is 17.7 Å². The van der Waals surface area contributed by atoms with Gasteiger partial charge in [0, 0.05) is 18.6 Å². The molecule has 2 saturated heterocycles. The number of carbonyl (C=O) groups is 1. The Bertz CT molecular complexity index is 515. The van der Waals surface area contributed by atoms with Gasteiger partial charge >= 0.3 is 0 Å². The summed E-state index contributed by atoms with van der Waals surface area (Å²) in [5, 5.41) is 13.0. The summed E-state index contributed by atoms with van der Waals surface area (Å²) in [6, 6.07) is 5.91. The third-order valence-corrected chi connectivity index (χ3v) is 4.57. The Balaban J connectivity index is 1.69. The van der Waals surface area contributed by atoms with E-state index >= 15 is 0 Å². The van der Waals surface area contributed by atoms with Crippen LogP contribution in [0.2, 0.25) is 0 Å². The number of carbonyl (C=O) groups excluding carboxylic acids is 1. The van der Waals surface area contributed by atoms with Crippen LogP contribution in [-0.4, -0.2) is 41.1 Å². The first-order chi connectivity index (χ1) is 9.65. The van der Waals surface area contributed by atoms with Gasteiger partial charge in [-0.05, 0) is 50.4 Å². The first kappa shape index (κ1) is 13.4. The number of piperidine rings is 1. The maximum Gasteiger partial charge on any atom is 0.255 e. The SMILES string of the molecule is Cc1ccc(C(=O)NC2CCN3CCCCC23)c(O)c1. The van der Waals surface area contributed by atoms with E-state index in [0.717, 1.165) is 25.1 Å². The van der Waals surface area contributed by atoms with Gasteiger partial charge in [0.1, 0.15) is 5.75 Å². The smallest absolute Gasteiger partial charge is 0.255 e. The van der Waals surface area contributed by atoms with Crippen LogP contribution >= 0.6 is 0 Å². The van der Waals surface area contributed by atoms with Crippen molar-refractivity contribution in [1.29, 1.82) is 0 Å². The van der Waals surface area contributed by atoms with Crippen molar-refractivity contribution in [3.8, 4) is 5.75 Å². The third kappa shape index (κ3) is 2.52. The number of hydrogen-bond donors (Lipinski definition) is 2. The van der Waals surface area contributed by atoms with Gasteiger partial charge in [0.25, 0.3) is 5.91 Å². The van der Waals surface area contributed by atoms with Crippen molar-refractivity contribution in [3.05, 3.63) is 29.3 Å². The first-order valence-corrected chi connectivity index (χ1v) is 7.49. The Labute approximate surface area is 119 Å². The Kier molecular flexibility index (Phi) is 3.66. The molecule has 0 saturated carbocycles. The highest BCUT2D eigenvalue weighted by molar-refractivity contribution is 5.97. The van der Waals surface area contributed by atoms with Crippen molar-refractivity contribution in [3.63, 3.8) is 0 Å². The number of aryl methyl sites for hydroxylation is 1. The molecule has 20 heavy (non-hydrogen) atoms. The zero-order valence-electron chi connectivity index (χ0n) is 11.9. The van der Waals surface area contributed by atoms with Gasteiger partial charge in [0.05, 0.1) is 5.56 Å². The summed E-state index contributed by atoms with van der Waals surface area (Å²) in [4.78, 5) is 14.8. The summed E-state index contributed by atoms with van der Waals surface area (Å²) in [7, 11) is 0. The zero-order valence-corrected chi connectivity index (χ0v) is 11.9. The van der Waals surface area contributed by atoms with Crippen LogP contribution in [0.1, 0.15) is 41.6 Å². The molecule has 2 unspecified atom stereocenters. The first-order valence-electron chi connectivity index (χ1n) is 7.49. The molecule has 0 aromatic heterocycles. The van der Waals surface area contributed by atoms with Crippen molar-refractivity contribution in [2.75, 3.05) is 13.1 Å². The topological polar surface area (TPSA) is 52.6 Å². The van der Waals surface area contributed by atoms with E-state index in [9.17, 15) is 9.90 Å². The molecule has 1 amide bonds. The Morgan fingerprint density at radius 1 is 1.30 bits per heavy atom. The predicted molar refractivity (Wildman–Crippen MR) is 77.9 cm³/mol. The number of nitrogens with one attached hydrogen (secondary N) is 1. The summed E-state index contributed by atoms with van der Waals surface area (Å²) in [6.07, 6.45) is 4.72. The molecular formula is C16H22N2O2. The fourth-order valence-electron chi connectivity index (χ4n) is 3.50. The fourth-order valence-corrected chi connectivity index (χ4v) is 3.50. The molecule has 2 atom stereocenters. The van der Waals surface area contributed by atoms with Crippen LogP contribution in [0.15, 0.2) is 18.2 Å². The molecule has 3 rings (SSSR count). The summed E-state index contributed by atoms with van der Waals surface area (Å²) >= 11 is 0. The van der Waals surface area contributed by atoms with E-state index in [1.165, 1.54) is 19.3 Å². The van der Waals surface area contributed by atoms with Crippen LogP contribution in [0.4, 0.5) is 0 Å². The molecule has 4 heteroatoms. The zero-order chi connectivity index (χ0) is 14.1. The van der Waals surface area contributed by atoms with Crippen LogP contribution in [0.3, 0.4) is 0 Å². The largest absolute Gasteiger partial charge is 0.507 e. The van der Waals surface area contributed by atoms with E-state index < -0.39 is 0 Å². The summed E-state index contributed by atoms with van der Waals surface area (Å²) in [5.74, 6) is -0.0825. The Hall–Kier alpha value is -1.55. The predicted octanol–water partition coefficient (Wildman–Crippen LogP) is 2.06. The average Bonchev–Trinajstić information content (AvgIpc) is 2.82. The molecule has 108 valence electrons. The Morgan fingerprint density at radius 2 is 2.15 bits per heavy atom. The van der Waals surface area contributed by atoms with Gasteiger partial charge in [-0.15, -0.1) is 0 Å². The molecule has 4 nitrogen and oxygen atoms in total. The second kappa shape index (κ2) is 5.44. The standard InChI is InChI=1S/C16H22N2O2/c1-11-5-6-12(15(19)10-11)16(20)17-13-7-9-18-8-3-2-4-14(13)18/h5-6,10,13-14,19H,2-4,7-9H2,1H3,(H,17,20). The van der Waals surface area contributed by atoms with E-state index in [0.29, 0.717) is 11.6 Å². The average molecular weight is 274 g/mol. The normalized spacial score (nSPS) is 26.2. The minimum atomic E-state index is -0.153. The number of phenols is 1. The van der Waals surface area contributed by atoms with Gasteiger partial charge in [-0.25, -0.2) is 0 Å². The van der Waals surface area contributed by atoms with Crippen LogP contribution in [0.5, 0.6) is 5.75 Å². The van der Waals surface area contributed by atoms with Crippen molar-refractivity contribution in [1.82, 2.24) is 10.2 Å². The van der Waals surface area contributed by atoms with E-state index in [1.807, 2.05) is 13.0 Å². The molecule has 2 heterocycles. The van der Waals surface area contributed by atoms with Gasteiger partial charge in [0.2, 0.25) is 0 Å². The maximum atomic E-state index is 12.3. The van der Waals surface area contributed by atoms with Crippen molar-refractivity contribution in [2.24, 2.45) is 0 Å². The highest BCUT2D eigenvalue weighted by Gasteiger charge is 2.36. The van der Waals surface area contributed by atoms with Gasteiger partial charge in [-0.2, -0.15) is 0 Å². The number of rotatable bonds is 2. The molecule has 0 spiro atoms. The minimum absolute atomic E-state index is 0.0704. The lowest BCUT2D eigenvalue weighted by molar-refractivity contribution is 0.0912. The molecule has 1 aromatic rings. The lowest BCUT2D eigenvalue weighted by Gasteiger charge is -2.32. The summed E-state index contributed by atoms with van der Waals surface area (Å²) < 4.78 is 0. The number of benzene rings is 1. The lowest BCUT2D eigenvalue weighted by Crippen LogP contribution is -2.46. The number of aromatic hydroxyl groups is 1. The number of hydrogen-bond acceptors (Lipinski definition) is 3. The molecule has 2 N–H and O–H groups in total. The monoisotopic (exact) mass is 274 g/mol. The second-order valence-corrected chi connectivity index (χ2v) is 5.99. The number of phenolic OH excluding ortho intramolecular Hbond substituents is 1. The van der Waals surface area contributed by atoms with Gasteiger partial charge in [-0.1, -0.05) is 12.5 Å². The second-order valence-electron chi connectivity index (χ2n) is 5.99. The molecule has 1 aromatic carbocycles. The summed E-state index contributed by atoms with van der Waals surface area (Å²) in [5.41, 5.74) is 1.34. The molecule has 2 aliphatic heterocycles. The maximum absolute atomic E-state index is 12.3. The van der Waals surface area contributed by atoms with E-state index in [4.69, 9.17) is 0 Å². The lowest BCUT2D eigenvalue weighted by atomic mass is 9.98. The number of amides is 1. The number of fused-ring (bicyclic) bond motifs is 1. The highest BCUT2D eigenvalue weighted by Crippen LogP contribution is 2.28. The van der Waals surface area contributed by atoms with Crippen LogP contribution in [0, 0.1) is 6.92 Å². The van der Waals surface area contributed by atoms with Crippen LogP contribution < -0.4 is 5.32 Å². The summed E-state index contributed by atoms with van der Waals surface area (Å²) in [6.45, 7) is 4.14. The van der Waals surface area contributed by atoms with Crippen LogP contribution in [0.25, 0.3) is 0 Å². The quantitative estimate of drug-likeness (QED) is 0.868. The van der Waals surface area contributed by atoms with Crippen LogP contribution in [-0.2, 0) is 0 Å². The van der Waals surface area contributed by atoms with Gasteiger partial charge in [-0.3, -0.25) is 9.69 Å².